The first-order valence-corrected chi connectivity index (χ1v) is 10.2. The summed E-state index contributed by atoms with van der Waals surface area (Å²) in [6.45, 7) is 0. The van der Waals surface area contributed by atoms with Gasteiger partial charge in [-0.15, -0.1) is 16.4 Å². The average Bonchev–Trinajstić information content (AvgIpc) is 3.30. The number of para-hydroxylation sites is 1. The molecular formula is C24H9B5ClN. The van der Waals surface area contributed by atoms with Crippen LogP contribution in [0.15, 0.2) is 54.6 Å². The lowest BCUT2D eigenvalue weighted by molar-refractivity contribution is 1.37. The summed E-state index contributed by atoms with van der Waals surface area (Å²) >= 11 is 6.73. The Morgan fingerprint density at radius 2 is 1.23 bits per heavy atom. The number of hydrogen-bond acceptors (Lipinski definition) is 0. The van der Waals surface area contributed by atoms with E-state index in [-0.39, 0.29) is 16.4 Å². The number of halogens is 1. The minimum Gasteiger partial charge on any atom is -0.308 e. The van der Waals surface area contributed by atoms with Crippen LogP contribution in [0.1, 0.15) is 0 Å². The number of aromatic nitrogens is 1. The molecular weight excluding hydrogens is 392 g/mol. The Morgan fingerprint density at radius 3 is 1.97 bits per heavy atom. The Hall–Kier alpha value is -2.71. The molecule has 0 saturated carbocycles. The largest absolute Gasteiger partial charge is 0.308 e. The maximum Gasteiger partial charge on any atom is 0.113 e. The molecule has 2 heterocycles. The van der Waals surface area contributed by atoms with Crippen LogP contribution in [0.3, 0.4) is 0 Å². The van der Waals surface area contributed by atoms with Gasteiger partial charge in [-0.3, -0.25) is 0 Å². The third-order valence-electron chi connectivity index (χ3n) is 6.29. The van der Waals surface area contributed by atoms with E-state index >= 15 is 0 Å². The normalized spacial score (nSPS) is 12.0. The molecule has 132 valence electrons. The van der Waals surface area contributed by atoms with E-state index in [4.69, 9.17) is 50.8 Å². The maximum absolute atomic E-state index is 6.73. The van der Waals surface area contributed by atoms with E-state index in [2.05, 4.69) is 28.7 Å². The van der Waals surface area contributed by atoms with E-state index in [0.717, 1.165) is 43.7 Å². The van der Waals surface area contributed by atoms with E-state index in [1.165, 1.54) is 0 Å². The molecule has 0 unspecified atom stereocenters. The fourth-order valence-corrected chi connectivity index (χ4v) is 5.12. The molecule has 6 aromatic rings. The first kappa shape index (κ1) is 19.0. The minimum absolute atomic E-state index is 0.198. The molecule has 31 heavy (non-hydrogen) atoms. The Labute approximate surface area is 191 Å². The van der Waals surface area contributed by atoms with Gasteiger partial charge in [-0.05, 0) is 29.3 Å². The van der Waals surface area contributed by atoms with Crippen LogP contribution in [-0.4, -0.2) is 43.6 Å². The van der Waals surface area contributed by atoms with Gasteiger partial charge in [-0.2, -0.15) is 0 Å². The highest BCUT2D eigenvalue weighted by Gasteiger charge is 2.23. The Kier molecular flexibility index (Phi) is 3.93. The molecule has 0 aliphatic rings. The summed E-state index contributed by atoms with van der Waals surface area (Å²) in [5, 5.41) is 4.81. The van der Waals surface area contributed by atoms with Crippen LogP contribution >= 0.6 is 11.6 Å². The van der Waals surface area contributed by atoms with Crippen molar-refractivity contribution >= 4 is 116 Å². The van der Waals surface area contributed by atoms with Crippen molar-refractivity contribution in [1.82, 2.24) is 4.40 Å². The maximum atomic E-state index is 6.73. The lowest BCUT2D eigenvalue weighted by Gasteiger charge is -2.22. The zero-order valence-electron chi connectivity index (χ0n) is 16.4. The van der Waals surface area contributed by atoms with E-state index in [1.807, 2.05) is 30.3 Å². The summed E-state index contributed by atoms with van der Waals surface area (Å²) < 4.78 is 2.24. The zero-order valence-corrected chi connectivity index (χ0v) is 17.2. The van der Waals surface area contributed by atoms with Crippen molar-refractivity contribution in [3.63, 3.8) is 0 Å². The smallest absolute Gasteiger partial charge is 0.113 e. The molecule has 0 aliphatic heterocycles. The summed E-state index contributed by atoms with van der Waals surface area (Å²) in [4.78, 5) is 0. The fourth-order valence-electron chi connectivity index (χ4n) is 4.86. The summed E-state index contributed by atoms with van der Waals surface area (Å²) in [7, 11) is 31.2. The number of rotatable bonds is 1. The van der Waals surface area contributed by atoms with E-state index in [1.54, 1.807) is 0 Å². The Balaban J connectivity index is 1.94. The predicted octanol–water partition coefficient (Wildman–Crippen LogP) is 1.13. The molecule has 7 heteroatoms. The van der Waals surface area contributed by atoms with Crippen LogP contribution in [0.4, 0.5) is 0 Å². The van der Waals surface area contributed by atoms with Crippen LogP contribution in [0.5, 0.6) is 0 Å². The third-order valence-corrected chi connectivity index (χ3v) is 6.60. The Bertz CT molecular complexity index is 1670. The summed E-state index contributed by atoms with van der Waals surface area (Å²) in [6, 6.07) is 18.3. The zero-order chi connectivity index (χ0) is 21.6. The molecule has 0 bridgehead atoms. The topological polar surface area (TPSA) is 4.41 Å². The molecule has 0 fully saturated rings. The second-order valence-corrected chi connectivity index (χ2v) is 8.22. The van der Waals surface area contributed by atoms with Crippen LogP contribution in [-0.2, 0) is 0 Å². The van der Waals surface area contributed by atoms with Crippen molar-refractivity contribution in [1.29, 1.82) is 0 Å². The van der Waals surface area contributed by atoms with Gasteiger partial charge in [-0.1, -0.05) is 58.9 Å². The van der Waals surface area contributed by atoms with Crippen LogP contribution < -0.4 is 27.3 Å². The van der Waals surface area contributed by atoms with Gasteiger partial charge >= 0.3 is 0 Å². The van der Waals surface area contributed by atoms with Gasteiger partial charge in [-0.25, -0.2) is 0 Å². The molecule has 1 nitrogen and oxygen atoms in total. The molecule has 0 aliphatic carbocycles. The summed E-state index contributed by atoms with van der Waals surface area (Å²) in [5.74, 6) is 0. The van der Waals surface area contributed by atoms with E-state index < -0.39 is 0 Å². The fraction of sp³-hybridized carbons (Fsp3) is 0. The summed E-state index contributed by atoms with van der Waals surface area (Å²) in [5.41, 5.74) is 5.83. The molecule has 0 spiro atoms. The van der Waals surface area contributed by atoms with Gasteiger partial charge in [0.25, 0.3) is 0 Å². The minimum atomic E-state index is 0.198. The first-order valence-electron chi connectivity index (χ1n) is 9.79. The van der Waals surface area contributed by atoms with Gasteiger partial charge in [0.2, 0.25) is 0 Å². The molecule has 6 rings (SSSR count). The predicted molar refractivity (Wildman–Crippen MR) is 138 cm³/mol. The van der Waals surface area contributed by atoms with Crippen LogP contribution in [0.2, 0.25) is 5.02 Å². The lowest BCUT2D eigenvalue weighted by Crippen LogP contribution is -2.55. The van der Waals surface area contributed by atoms with Crippen molar-refractivity contribution in [2.75, 3.05) is 0 Å². The van der Waals surface area contributed by atoms with Gasteiger partial charge in [0.15, 0.2) is 0 Å². The van der Waals surface area contributed by atoms with Crippen LogP contribution in [0, 0.1) is 0 Å². The van der Waals surface area contributed by atoms with Crippen molar-refractivity contribution < 1.29 is 0 Å². The number of nitrogens with zero attached hydrogens (tertiary/aromatic N) is 1. The third kappa shape index (κ3) is 2.29. The number of hydrogen-bond donors (Lipinski definition) is 0. The van der Waals surface area contributed by atoms with E-state index in [9.17, 15) is 0 Å². The number of fused-ring (bicyclic) bond motifs is 6. The highest BCUT2D eigenvalue weighted by molar-refractivity contribution is 6.69. The van der Waals surface area contributed by atoms with Crippen LogP contribution in [0.25, 0.3) is 49.2 Å². The monoisotopic (exact) mass is 401 g/mol. The average molecular weight is 401 g/mol. The van der Waals surface area contributed by atoms with E-state index in [0.29, 0.717) is 21.5 Å². The molecule has 0 atom stereocenters. The van der Waals surface area contributed by atoms with Crippen molar-refractivity contribution in [3.05, 3.63) is 59.6 Å². The highest BCUT2D eigenvalue weighted by atomic mass is 35.5. The van der Waals surface area contributed by atoms with Crippen molar-refractivity contribution in [2.24, 2.45) is 0 Å². The highest BCUT2D eigenvalue weighted by Crippen LogP contribution is 2.44. The van der Waals surface area contributed by atoms with Gasteiger partial charge < -0.3 is 4.40 Å². The van der Waals surface area contributed by atoms with Gasteiger partial charge in [0.05, 0.1) is 21.6 Å². The molecule has 10 radical (unpaired) electrons. The van der Waals surface area contributed by atoms with Gasteiger partial charge in [0, 0.05) is 21.5 Å². The van der Waals surface area contributed by atoms with Crippen molar-refractivity contribution in [2.45, 2.75) is 0 Å². The first-order chi connectivity index (χ1) is 14.9. The number of benzene rings is 4. The molecule has 0 amide bonds. The summed E-state index contributed by atoms with van der Waals surface area (Å²) in [6.07, 6.45) is 0. The molecule has 2 aromatic heterocycles. The molecule has 0 N–H and O–H groups in total. The molecule has 4 aromatic carbocycles. The quantitative estimate of drug-likeness (QED) is 0.364. The SMILES string of the molecule is [B]c1c([B])c([B])c(-c2ccc3c4ccccc4n4c5cccc(Cl)c5c2c34)c([B])c1[B]. The van der Waals surface area contributed by atoms with Crippen molar-refractivity contribution in [3.8, 4) is 11.1 Å². The Morgan fingerprint density at radius 1 is 0.581 bits per heavy atom. The standard InChI is InChI=1S/C24H9B5ClN/c25-19-17(20(26)22(28)23(29)21(19)27)12-9-8-11-10-4-1-2-6-14(10)31-15-7-3-5-13(30)18(15)16(12)24(11)31/h1-9H. The lowest BCUT2D eigenvalue weighted by atomic mass is 9.59. The van der Waals surface area contributed by atoms with Gasteiger partial charge in [0.1, 0.15) is 39.2 Å². The second-order valence-electron chi connectivity index (χ2n) is 7.81. The second kappa shape index (κ2) is 6.40. The molecule has 0 saturated heterocycles.